The molecule has 0 unspecified atom stereocenters. The highest BCUT2D eigenvalue weighted by molar-refractivity contribution is 7.80. The quantitative estimate of drug-likeness (QED) is 0.679. The molecule has 1 amide bonds. The summed E-state index contributed by atoms with van der Waals surface area (Å²) >= 11 is 5.51. The second-order valence-corrected chi connectivity index (χ2v) is 7.76. The van der Waals surface area contributed by atoms with E-state index in [0.29, 0.717) is 6.54 Å². The predicted octanol–water partition coefficient (Wildman–Crippen LogP) is 0.507. The summed E-state index contributed by atoms with van der Waals surface area (Å²) in [6, 6.07) is 7.70. The van der Waals surface area contributed by atoms with Crippen LogP contribution in [-0.4, -0.2) is 61.3 Å². The first-order chi connectivity index (χ1) is 11.8. The lowest BCUT2D eigenvalue weighted by atomic mass is 10.1. The zero-order valence-electron chi connectivity index (χ0n) is 15.5. The molecule has 7 heteroatoms. The second-order valence-electron chi connectivity index (χ2n) is 7.37. The van der Waals surface area contributed by atoms with E-state index in [9.17, 15) is 4.79 Å². The van der Waals surface area contributed by atoms with Crippen LogP contribution in [0.1, 0.15) is 20.8 Å². The molecule has 0 atom stereocenters. The van der Waals surface area contributed by atoms with Gasteiger partial charge in [0.15, 0.2) is 11.7 Å². The summed E-state index contributed by atoms with van der Waals surface area (Å²) in [5.74, 6) is 0.928. The topological polar surface area (TPSA) is 58.0 Å². The zero-order valence-corrected chi connectivity index (χ0v) is 16.3. The maximum Gasteiger partial charge on any atom is 0.275 e. The Morgan fingerprint density at radius 2 is 1.84 bits per heavy atom. The number of hydrogen-bond donors (Lipinski definition) is 3. The van der Waals surface area contributed by atoms with Crippen molar-refractivity contribution in [1.29, 1.82) is 0 Å². The minimum absolute atomic E-state index is 0.106. The molecule has 1 aliphatic rings. The molecule has 3 N–H and O–H groups in total. The number of anilines is 1. The number of nitrogens with one attached hydrogen (secondary N) is 3. The zero-order chi connectivity index (χ0) is 18.4. The van der Waals surface area contributed by atoms with Crippen molar-refractivity contribution in [2.45, 2.75) is 26.3 Å². The van der Waals surface area contributed by atoms with Crippen LogP contribution in [0.2, 0.25) is 0 Å². The van der Waals surface area contributed by atoms with Gasteiger partial charge in [0, 0.05) is 11.2 Å². The van der Waals surface area contributed by atoms with Crippen molar-refractivity contribution in [3.63, 3.8) is 0 Å². The Balaban J connectivity index is 1.77. The molecule has 0 aromatic heterocycles. The third-order valence-corrected chi connectivity index (χ3v) is 4.38. The highest BCUT2D eigenvalue weighted by atomic mass is 32.1. The van der Waals surface area contributed by atoms with Gasteiger partial charge in [0.2, 0.25) is 0 Å². The molecule has 138 valence electrons. The Bertz CT molecular complexity index is 590. The van der Waals surface area contributed by atoms with Crippen molar-refractivity contribution in [2.75, 3.05) is 45.2 Å². The van der Waals surface area contributed by atoms with E-state index in [-0.39, 0.29) is 11.4 Å². The highest BCUT2D eigenvalue weighted by Gasteiger charge is 2.25. The van der Waals surface area contributed by atoms with Gasteiger partial charge in [-0.05, 0) is 57.3 Å². The Kier molecular flexibility index (Phi) is 6.61. The Morgan fingerprint density at radius 3 is 2.36 bits per heavy atom. The highest BCUT2D eigenvalue weighted by Crippen LogP contribution is 2.15. The van der Waals surface area contributed by atoms with Crippen LogP contribution >= 0.6 is 12.2 Å². The first-order valence-electron chi connectivity index (χ1n) is 8.61. The molecule has 1 fully saturated rings. The number of quaternary nitrogens is 1. The van der Waals surface area contributed by atoms with E-state index in [1.165, 1.54) is 4.90 Å². The fraction of sp³-hybridized carbons (Fsp3) is 0.556. The first kappa shape index (κ1) is 19.5. The monoisotopic (exact) mass is 365 g/mol. The summed E-state index contributed by atoms with van der Waals surface area (Å²) in [4.78, 5) is 15.5. The van der Waals surface area contributed by atoms with Crippen LogP contribution in [0.4, 0.5) is 5.69 Å². The lowest BCUT2D eigenvalue weighted by Crippen LogP contribution is -3.16. The van der Waals surface area contributed by atoms with Crippen molar-refractivity contribution < 1.29 is 14.4 Å². The molecule has 2 rings (SSSR count). The van der Waals surface area contributed by atoms with E-state index in [1.807, 2.05) is 45.0 Å². The maximum absolute atomic E-state index is 12.0. The molecule has 1 aromatic rings. The van der Waals surface area contributed by atoms with Gasteiger partial charge in [-0.3, -0.25) is 4.79 Å². The van der Waals surface area contributed by atoms with Crippen LogP contribution in [-0.2, 0) is 4.79 Å². The lowest BCUT2D eigenvalue weighted by Gasteiger charge is -2.34. The summed E-state index contributed by atoms with van der Waals surface area (Å²) in [6.45, 7) is 10.0. The van der Waals surface area contributed by atoms with Crippen LogP contribution in [0.5, 0.6) is 5.75 Å². The molecule has 0 saturated carbocycles. The first-order valence-corrected chi connectivity index (χ1v) is 9.02. The smallest absolute Gasteiger partial charge is 0.275 e. The molecule has 1 aromatic carbocycles. The van der Waals surface area contributed by atoms with Crippen LogP contribution < -0.4 is 20.3 Å². The third-order valence-electron chi connectivity index (χ3n) is 4.02. The van der Waals surface area contributed by atoms with Gasteiger partial charge in [-0.15, -0.1) is 0 Å². The van der Waals surface area contributed by atoms with Crippen molar-refractivity contribution in [1.82, 2.24) is 10.2 Å². The number of ether oxygens (including phenoxy) is 1. The average molecular weight is 366 g/mol. The number of hydrogen-bond acceptors (Lipinski definition) is 3. The van der Waals surface area contributed by atoms with E-state index >= 15 is 0 Å². The Morgan fingerprint density at radius 1 is 1.24 bits per heavy atom. The number of methoxy groups -OCH3 is 1. The number of thiocarbonyl (C=S) groups is 1. The van der Waals surface area contributed by atoms with E-state index in [4.69, 9.17) is 17.0 Å². The molecule has 1 aliphatic heterocycles. The SMILES string of the molecule is COc1ccc(NC(=S)N2CC[NH+](CC(=O)NC(C)(C)C)CC2)cc1. The van der Waals surface area contributed by atoms with E-state index in [2.05, 4.69) is 15.5 Å². The van der Waals surface area contributed by atoms with Crippen molar-refractivity contribution in [3.05, 3.63) is 24.3 Å². The third kappa shape index (κ3) is 6.51. The van der Waals surface area contributed by atoms with Crippen LogP contribution in [0.3, 0.4) is 0 Å². The van der Waals surface area contributed by atoms with E-state index < -0.39 is 0 Å². The number of nitrogens with zero attached hydrogens (tertiary/aromatic N) is 1. The number of rotatable bonds is 4. The number of amides is 1. The maximum atomic E-state index is 12.0. The van der Waals surface area contributed by atoms with Gasteiger partial charge in [0.05, 0.1) is 33.3 Å². The average Bonchev–Trinajstić information content (AvgIpc) is 2.54. The van der Waals surface area contributed by atoms with Gasteiger partial charge in [-0.1, -0.05) is 0 Å². The summed E-state index contributed by atoms with van der Waals surface area (Å²) in [7, 11) is 1.65. The van der Waals surface area contributed by atoms with Gasteiger partial charge in [-0.2, -0.15) is 0 Å². The summed E-state index contributed by atoms with van der Waals surface area (Å²) in [6.07, 6.45) is 0. The minimum atomic E-state index is -0.178. The number of carbonyl (C=O) groups excluding carboxylic acids is 1. The molecule has 0 aliphatic carbocycles. The fourth-order valence-electron chi connectivity index (χ4n) is 2.77. The van der Waals surface area contributed by atoms with Gasteiger partial charge in [0.25, 0.3) is 5.91 Å². The molecule has 0 radical (unpaired) electrons. The van der Waals surface area contributed by atoms with E-state index in [1.54, 1.807) is 7.11 Å². The normalized spacial score (nSPS) is 15.6. The second kappa shape index (κ2) is 8.49. The van der Waals surface area contributed by atoms with Crippen LogP contribution in [0.25, 0.3) is 0 Å². The van der Waals surface area contributed by atoms with Crippen LogP contribution in [0.15, 0.2) is 24.3 Å². The standard InChI is InChI=1S/C18H28N4O2S/c1-18(2,3)20-16(23)13-21-9-11-22(12-10-21)17(25)19-14-5-7-15(24-4)8-6-14/h5-8H,9-13H2,1-4H3,(H,19,25)(H,20,23)/p+1. The molecular weight excluding hydrogens is 336 g/mol. The predicted molar refractivity (Wildman–Crippen MR) is 104 cm³/mol. The molecule has 0 spiro atoms. The fourth-order valence-corrected chi connectivity index (χ4v) is 3.07. The van der Waals surface area contributed by atoms with Crippen molar-refractivity contribution in [2.24, 2.45) is 0 Å². The largest absolute Gasteiger partial charge is 0.497 e. The summed E-state index contributed by atoms with van der Waals surface area (Å²) in [5.41, 5.74) is 0.771. The number of carbonyl (C=O) groups is 1. The molecule has 25 heavy (non-hydrogen) atoms. The van der Waals surface area contributed by atoms with Gasteiger partial charge >= 0.3 is 0 Å². The van der Waals surface area contributed by atoms with Crippen LogP contribution in [0, 0.1) is 0 Å². The van der Waals surface area contributed by atoms with Crippen molar-refractivity contribution >= 4 is 28.9 Å². The van der Waals surface area contributed by atoms with Gasteiger partial charge < -0.3 is 25.2 Å². The lowest BCUT2D eigenvalue weighted by molar-refractivity contribution is -0.895. The minimum Gasteiger partial charge on any atom is -0.497 e. The van der Waals surface area contributed by atoms with Crippen molar-refractivity contribution in [3.8, 4) is 5.75 Å². The van der Waals surface area contributed by atoms with Gasteiger partial charge in [0.1, 0.15) is 5.75 Å². The Hall–Kier alpha value is -1.86. The van der Waals surface area contributed by atoms with E-state index in [0.717, 1.165) is 42.7 Å². The molecule has 1 saturated heterocycles. The molecule has 0 bridgehead atoms. The molecule has 6 nitrogen and oxygen atoms in total. The summed E-state index contributed by atoms with van der Waals surface area (Å²) in [5, 5.41) is 7.01. The van der Waals surface area contributed by atoms with Gasteiger partial charge in [-0.25, -0.2) is 0 Å². The summed E-state index contributed by atoms with van der Waals surface area (Å²) < 4.78 is 5.16. The molecular formula is C18H29N4O2S+. The Labute approximate surface area is 155 Å². The number of benzene rings is 1. The molecule has 1 heterocycles. The number of piperazine rings is 1.